The number of nitriles is 1. The minimum absolute atomic E-state index is 0.173. The smallest absolute Gasteiger partial charge is 0.333 e. The molecule has 0 aromatic carbocycles. The molecule has 2 atom stereocenters. The summed E-state index contributed by atoms with van der Waals surface area (Å²) in [4.78, 5) is 14.4. The van der Waals surface area contributed by atoms with Gasteiger partial charge in [0, 0.05) is 0 Å². The van der Waals surface area contributed by atoms with Gasteiger partial charge in [-0.2, -0.15) is 5.26 Å². The van der Waals surface area contributed by atoms with Crippen LogP contribution in [0.1, 0.15) is 13.8 Å². The molecule has 0 saturated heterocycles. The Hall–Kier alpha value is -1.99. The molecule has 0 aliphatic rings. The monoisotopic (exact) mass is 190 g/mol. The highest BCUT2D eigenvalue weighted by Crippen LogP contribution is 2.24. The number of rotatable bonds is 3. The molecule has 0 aliphatic heterocycles. The molecule has 0 aliphatic carbocycles. The van der Waals surface area contributed by atoms with Gasteiger partial charge in [0.15, 0.2) is 6.07 Å². The Bertz CT molecular complexity index is 329. The van der Waals surface area contributed by atoms with Gasteiger partial charge in [-0.15, -0.1) is 6.42 Å². The first-order valence-electron chi connectivity index (χ1n) is 3.98. The van der Waals surface area contributed by atoms with Crippen LogP contribution in [0.25, 0.3) is 4.85 Å². The van der Waals surface area contributed by atoms with E-state index in [1.165, 1.54) is 6.92 Å². The molecule has 0 aromatic rings. The zero-order valence-corrected chi connectivity index (χ0v) is 8.07. The van der Waals surface area contributed by atoms with Gasteiger partial charge in [0.1, 0.15) is 0 Å². The molecule has 0 rings (SSSR count). The number of carbonyl (C=O) groups excluding carboxylic acids is 1. The highest BCUT2D eigenvalue weighted by atomic mass is 16.5. The third kappa shape index (κ3) is 2.03. The quantitative estimate of drug-likeness (QED) is 0.379. The van der Waals surface area contributed by atoms with Crippen molar-refractivity contribution >= 4 is 5.97 Å². The van der Waals surface area contributed by atoms with Crippen LogP contribution >= 0.6 is 0 Å². The van der Waals surface area contributed by atoms with Gasteiger partial charge in [0.05, 0.1) is 6.61 Å². The summed E-state index contributed by atoms with van der Waals surface area (Å²) < 4.78 is 4.71. The first-order chi connectivity index (χ1) is 6.56. The normalized spacial score (nSPS) is 15.1. The van der Waals surface area contributed by atoms with E-state index >= 15 is 0 Å². The Labute approximate surface area is 83.3 Å². The van der Waals surface area contributed by atoms with Gasteiger partial charge < -0.3 is 4.74 Å². The van der Waals surface area contributed by atoms with Gasteiger partial charge in [0.2, 0.25) is 5.41 Å². The molecule has 0 fully saturated rings. The van der Waals surface area contributed by atoms with Crippen LogP contribution in [0.4, 0.5) is 0 Å². The predicted molar refractivity (Wildman–Crippen MR) is 49.6 cm³/mol. The fourth-order valence-electron chi connectivity index (χ4n) is 0.818. The summed E-state index contributed by atoms with van der Waals surface area (Å²) in [5, 5.41) is 8.64. The molecule has 0 bridgehead atoms. The molecule has 0 spiro atoms. The third-order valence-corrected chi connectivity index (χ3v) is 1.80. The zero-order chi connectivity index (χ0) is 11.2. The summed E-state index contributed by atoms with van der Waals surface area (Å²) in [6, 6.07) is 0.483. The average Bonchev–Trinajstić information content (AvgIpc) is 2.19. The lowest BCUT2D eigenvalue weighted by molar-refractivity contribution is -0.150. The van der Waals surface area contributed by atoms with Crippen LogP contribution in [0, 0.1) is 35.7 Å². The van der Waals surface area contributed by atoms with Crippen LogP contribution in [0.5, 0.6) is 0 Å². The van der Waals surface area contributed by atoms with E-state index in [-0.39, 0.29) is 6.61 Å². The van der Waals surface area contributed by atoms with Gasteiger partial charge >= 0.3 is 12.0 Å². The molecule has 4 nitrogen and oxygen atoms in total. The van der Waals surface area contributed by atoms with Crippen LogP contribution in [-0.4, -0.2) is 18.6 Å². The van der Waals surface area contributed by atoms with Gasteiger partial charge in [-0.3, -0.25) is 9.64 Å². The Kier molecular flexibility index (Phi) is 4.20. The Morgan fingerprint density at radius 1 is 1.86 bits per heavy atom. The zero-order valence-electron chi connectivity index (χ0n) is 8.07. The minimum atomic E-state index is -1.48. The Balaban J connectivity index is 5.03. The van der Waals surface area contributed by atoms with Crippen molar-refractivity contribution < 1.29 is 9.53 Å². The lowest BCUT2D eigenvalue weighted by atomic mass is 9.84. The number of carbonyl (C=O) groups is 1. The fraction of sp³-hybridized carbons (Fsp3) is 0.500. The molecule has 0 N–H and O–H groups in total. The number of ether oxygens (including phenoxy) is 1. The van der Waals surface area contributed by atoms with Crippen LogP contribution in [0.3, 0.4) is 0 Å². The fourth-order valence-corrected chi connectivity index (χ4v) is 0.818. The van der Waals surface area contributed by atoms with Crippen LogP contribution < -0.4 is 0 Å². The van der Waals surface area contributed by atoms with E-state index in [4.69, 9.17) is 23.0 Å². The van der Waals surface area contributed by atoms with E-state index in [9.17, 15) is 4.79 Å². The van der Waals surface area contributed by atoms with Crippen molar-refractivity contribution in [3.05, 3.63) is 11.4 Å². The molecule has 14 heavy (non-hydrogen) atoms. The van der Waals surface area contributed by atoms with Crippen molar-refractivity contribution in [3.63, 3.8) is 0 Å². The van der Waals surface area contributed by atoms with Crippen molar-refractivity contribution in [3.8, 4) is 18.4 Å². The lowest BCUT2D eigenvalue weighted by Gasteiger charge is -2.17. The van der Waals surface area contributed by atoms with E-state index in [0.717, 1.165) is 0 Å². The summed E-state index contributed by atoms with van der Waals surface area (Å²) in [5.74, 6) is 1.45. The van der Waals surface area contributed by atoms with Crippen LogP contribution in [-0.2, 0) is 9.53 Å². The Morgan fingerprint density at radius 2 is 2.43 bits per heavy atom. The number of hydrogen-bond donors (Lipinski definition) is 0. The molecule has 0 radical (unpaired) electrons. The topological polar surface area (TPSA) is 54.5 Å². The van der Waals surface area contributed by atoms with Crippen LogP contribution in [0.2, 0.25) is 0 Å². The number of nitrogens with zero attached hydrogens (tertiary/aromatic N) is 2. The summed E-state index contributed by atoms with van der Waals surface area (Å²) in [6.45, 7) is 9.91. The molecular formula is C10H10N2O2. The number of terminal acetylenes is 1. The molecular weight excluding hydrogens is 180 g/mol. The molecule has 4 heteroatoms. The van der Waals surface area contributed by atoms with Crippen molar-refractivity contribution in [1.29, 1.82) is 5.26 Å². The van der Waals surface area contributed by atoms with Gasteiger partial charge in [-0.25, -0.2) is 6.57 Å². The van der Waals surface area contributed by atoms with Crippen molar-refractivity contribution in [2.24, 2.45) is 5.41 Å². The molecule has 0 amide bonds. The van der Waals surface area contributed by atoms with Crippen molar-refractivity contribution in [1.82, 2.24) is 0 Å². The SMILES string of the molecule is [C-]#[N+]C(C#N)C(C)(C#C)C(=O)OCC. The number of hydrogen-bond acceptors (Lipinski definition) is 3. The highest BCUT2D eigenvalue weighted by Gasteiger charge is 2.47. The second-order valence-electron chi connectivity index (χ2n) is 2.73. The summed E-state index contributed by atoms with van der Waals surface area (Å²) in [7, 11) is 0. The Morgan fingerprint density at radius 3 is 2.71 bits per heavy atom. The molecule has 0 aromatic heterocycles. The van der Waals surface area contributed by atoms with Gasteiger partial charge in [-0.05, 0) is 13.8 Å². The predicted octanol–water partition coefficient (Wildman–Crippen LogP) is 1.00. The lowest BCUT2D eigenvalue weighted by Crippen LogP contribution is -2.37. The standard InChI is InChI=1S/C10H10N2O2/c1-5-10(3,8(7-11)12-4)9(13)14-6-2/h1,8H,6H2,2-3H3. The minimum Gasteiger partial charge on any atom is -0.465 e. The maximum absolute atomic E-state index is 11.4. The largest absolute Gasteiger partial charge is 0.465 e. The van der Waals surface area contributed by atoms with Crippen molar-refractivity contribution in [2.75, 3.05) is 6.61 Å². The second-order valence-corrected chi connectivity index (χ2v) is 2.73. The number of esters is 1. The van der Waals surface area contributed by atoms with Crippen LogP contribution in [0.15, 0.2) is 0 Å². The van der Waals surface area contributed by atoms with Gasteiger partial charge in [0.25, 0.3) is 0 Å². The first kappa shape index (κ1) is 12.0. The van der Waals surface area contributed by atoms with E-state index < -0.39 is 17.4 Å². The molecule has 0 heterocycles. The van der Waals surface area contributed by atoms with Gasteiger partial charge in [-0.1, -0.05) is 5.92 Å². The third-order valence-electron chi connectivity index (χ3n) is 1.80. The summed E-state index contributed by atoms with van der Waals surface area (Å²) in [5.41, 5.74) is -1.48. The maximum atomic E-state index is 11.4. The second kappa shape index (κ2) is 4.90. The van der Waals surface area contributed by atoms with E-state index in [1.54, 1.807) is 13.0 Å². The maximum Gasteiger partial charge on any atom is 0.333 e. The molecule has 72 valence electrons. The average molecular weight is 190 g/mol. The van der Waals surface area contributed by atoms with Crippen molar-refractivity contribution in [2.45, 2.75) is 19.9 Å². The highest BCUT2D eigenvalue weighted by molar-refractivity contribution is 5.82. The van der Waals surface area contributed by atoms with E-state index in [1.807, 2.05) is 0 Å². The first-order valence-corrected chi connectivity index (χ1v) is 3.98. The van der Waals surface area contributed by atoms with E-state index in [0.29, 0.717) is 0 Å². The summed E-state index contributed by atoms with van der Waals surface area (Å²) >= 11 is 0. The summed E-state index contributed by atoms with van der Waals surface area (Å²) in [6.07, 6.45) is 5.14. The van der Waals surface area contributed by atoms with E-state index in [2.05, 4.69) is 10.8 Å². The molecule has 0 saturated carbocycles. The molecule has 2 unspecified atom stereocenters.